The molecule has 3 atom stereocenters. The van der Waals surface area contributed by atoms with Crippen LogP contribution in [-0.2, 0) is 20.8 Å². The summed E-state index contributed by atoms with van der Waals surface area (Å²) in [7, 11) is 3.29. The van der Waals surface area contributed by atoms with Crippen LogP contribution in [0.3, 0.4) is 0 Å². The van der Waals surface area contributed by atoms with E-state index in [2.05, 4.69) is 34.1 Å². The highest BCUT2D eigenvalue weighted by atomic mass is 79.9. The Kier molecular flexibility index (Phi) is 3.37. The zero-order valence-electron chi connectivity index (χ0n) is 10.9. The summed E-state index contributed by atoms with van der Waals surface area (Å²) in [5.41, 5.74) is 2.59. The summed E-state index contributed by atoms with van der Waals surface area (Å²) in [6.07, 6.45) is 1.45. The van der Waals surface area contributed by atoms with Crippen LogP contribution in [0.4, 0.5) is 0 Å². The monoisotopic (exact) mass is 325 g/mol. The maximum atomic E-state index is 11.8. The molecule has 5 heteroatoms. The molecule has 0 bridgehead atoms. The highest BCUT2D eigenvalue weighted by Crippen LogP contribution is 2.46. The van der Waals surface area contributed by atoms with Crippen molar-refractivity contribution in [3.8, 4) is 0 Å². The molecule has 0 aromatic heterocycles. The fourth-order valence-electron chi connectivity index (χ4n) is 3.22. The minimum Gasteiger partial charge on any atom is -0.467 e. The van der Waals surface area contributed by atoms with Crippen molar-refractivity contribution in [2.45, 2.75) is 25.0 Å². The van der Waals surface area contributed by atoms with Gasteiger partial charge in [-0.3, -0.25) is 4.84 Å². The number of esters is 1. The number of aryl methyl sites for hydroxylation is 1. The van der Waals surface area contributed by atoms with Gasteiger partial charge in [0.05, 0.1) is 13.2 Å². The maximum absolute atomic E-state index is 11.8. The number of rotatable bonds is 1. The van der Waals surface area contributed by atoms with Crippen LogP contribution in [-0.4, -0.2) is 31.3 Å². The lowest BCUT2D eigenvalue weighted by Crippen LogP contribution is -2.32. The van der Waals surface area contributed by atoms with Crippen molar-refractivity contribution < 1.29 is 14.4 Å². The quantitative estimate of drug-likeness (QED) is 0.743. The van der Waals surface area contributed by atoms with E-state index in [-0.39, 0.29) is 17.9 Å². The van der Waals surface area contributed by atoms with Crippen LogP contribution < -0.4 is 0 Å². The van der Waals surface area contributed by atoms with Crippen LogP contribution in [0.15, 0.2) is 22.7 Å². The fraction of sp³-hybridized carbons (Fsp3) is 0.500. The number of benzene rings is 1. The van der Waals surface area contributed by atoms with Gasteiger partial charge < -0.3 is 4.74 Å². The first-order valence-electron chi connectivity index (χ1n) is 6.37. The SMILES string of the molecule is COC(=O)C1ON(C)C2c3cc(Br)ccc3CCC12. The number of methoxy groups -OCH3 is 1. The predicted molar refractivity (Wildman–Crippen MR) is 73.3 cm³/mol. The smallest absolute Gasteiger partial charge is 0.337 e. The molecule has 1 aromatic carbocycles. The average Bonchev–Trinajstić information content (AvgIpc) is 2.75. The molecule has 0 N–H and O–H groups in total. The Hall–Kier alpha value is -0.910. The molecular formula is C14H16BrNO3. The van der Waals surface area contributed by atoms with Crippen molar-refractivity contribution in [2.24, 2.45) is 5.92 Å². The Morgan fingerprint density at radius 2 is 2.32 bits per heavy atom. The normalized spacial score (nSPS) is 29.7. The first-order chi connectivity index (χ1) is 9.11. The summed E-state index contributed by atoms with van der Waals surface area (Å²) < 4.78 is 5.90. The third kappa shape index (κ3) is 2.10. The molecule has 2 aliphatic rings. The van der Waals surface area contributed by atoms with E-state index in [0.717, 1.165) is 17.3 Å². The van der Waals surface area contributed by atoms with Gasteiger partial charge in [-0.1, -0.05) is 22.0 Å². The molecule has 0 spiro atoms. The van der Waals surface area contributed by atoms with Crippen molar-refractivity contribution in [1.29, 1.82) is 0 Å². The molecule has 1 aliphatic heterocycles. The molecule has 1 fully saturated rings. The molecule has 0 amide bonds. The van der Waals surface area contributed by atoms with Gasteiger partial charge in [0.2, 0.25) is 0 Å². The van der Waals surface area contributed by atoms with E-state index in [9.17, 15) is 4.79 Å². The number of hydrogen-bond donors (Lipinski definition) is 0. The molecule has 0 radical (unpaired) electrons. The largest absolute Gasteiger partial charge is 0.467 e. The summed E-state index contributed by atoms with van der Waals surface area (Å²) in [5.74, 6) is -0.114. The molecular weight excluding hydrogens is 310 g/mol. The van der Waals surface area contributed by atoms with Gasteiger partial charge in [0, 0.05) is 17.4 Å². The van der Waals surface area contributed by atoms with Gasteiger partial charge in [0.1, 0.15) is 0 Å². The summed E-state index contributed by atoms with van der Waals surface area (Å²) in [6, 6.07) is 6.47. The lowest BCUT2D eigenvalue weighted by atomic mass is 9.78. The molecule has 4 nitrogen and oxygen atoms in total. The second-order valence-electron chi connectivity index (χ2n) is 5.09. The van der Waals surface area contributed by atoms with Crippen molar-refractivity contribution in [2.75, 3.05) is 14.2 Å². The number of halogens is 1. The number of fused-ring (bicyclic) bond motifs is 3. The van der Waals surface area contributed by atoms with Gasteiger partial charge in [-0.2, -0.15) is 5.06 Å². The minimum atomic E-state index is -0.480. The molecule has 1 heterocycles. The van der Waals surface area contributed by atoms with E-state index in [1.807, 2.05) is 7.05 Å². The Bertz CT molecular complexity index is 519. The van der Waals surface area contributed by atoms with E-state index in [1.54, 1.807) is 5.06 Å². The standard InChI is InChI=1S/C14H16BrNO3/c1-16-12-10(13(19-16)14(17)18-2)6-4-8-3-5-9(15)7-11(8)12/h3,5,7,10,12-13H,4,6H2,1-2H3. The van der Waals surface area contributed by atoms with E-state index in [1.165, 1.54) is 18.2 Å². The molecule has 3 unspecified atom stereocenters. The van der Waals surface area contributed by atoms with E-state index in [4.69, 9.17) is 9.57 Å². The molecule has 102 valence electrons. The summed E-state index contributed by atoms with van der Waals surface area (Å²) in [5, 5.41) is 1.80. The van der Waals surface area contributed by atoms with Crippen LogP contribution in [0.25, 0.3) is 0 Å². The van der Waals surface area contributed by atoms with Gasteiger partial charge in [-0.05, 0) is 36.1 Å². The molecule has 19 heavy (non-hydrogen) atoms. The lowest BCUT2D eigenvalue weighted by Gasteiger charge is -2.30. The number of nitrogens with zero attached hydrogens (tertiary/aromatic N) is 1. The molecule has 1 aromatic rings. The van der Waals surface area contributed by atoms with E-state index < -0.39 is 6.10 Å². The molecule has 1 aliphatic carbocycles. The van der Waals surface area contributed by atoms with Crippen LogP contribution in [0.2, 0.25) is 0 Å². The van der Waals surface area contributed by atoms with Crippen molar-refractivity contribution in [3.05, 3.63) is 33.8 Å². The number of hydroxylamine groups is 2. The van der Waals surface area contributed by atoms with E-state index >= 15 is 0 Å². The Balaban J connectivity index is 1.99. The fourth-order valence-corrected chi connectivity index (χ4v) is 3.60. The second-order valence-corrected chi connectivity index (χ2v) is 6.00. The number of carbonyl (C=O) groups excluding carboxylic acids is 1. The van der Waals surface area contributed by atoms with Gasteiger partial charge in [0.15, 0.2) is 6.10 Å². The van der Waals surface area contributed by atoms with Gasteiger partial charge in [0.25, 0.3) is 0 Å². The summed E-state index contributed by atoms with van der Waals surface area (Å²) in [6.45, 7) is 0. The van der Waals surface area contributed by atoms with Crippen LogP contribution >= 0.6 is 15.9 Å². The zero-order chi connectivity index (χ0) is 13.6. The van der Waals surface area contributed by atoms with Gasteiger partial charge in [-0.15, -0.1) is 0 Å². The average molecular weight is 326 g/mol. The molecule has 0 saturated carbocycles. The third-order valence-electron chi connectivity index (χ3n) is 4.07. The van der Waals surface area contributed by atoms with Crippen LogP contribution in [0.1, 0.15) is 23.6 Å². The topological polar surface area (TPSA) is 38.8 Å². The number of hydrogen-bond acceptors (Lipinski definition) is 4. The summed E-state index contributed by atoms with van der Waals surface area (Å²) in [4.78, 5) is 17.5. The predicted octanol–water partition coefficient (Wildman–Crippen LogP) is 2.47. The van der Waals surface area contributed by atoms with Crippen molar-refractivity contribution in [1.82, 2.24) is 5.06 Å². The van der Waals surface area contributed by atoms with Gasteiger partial charge >= 0.3 is 5.97 Å². The Morgan fingerprint density at radius 1 is 1.53 bits per heavy atom. The van der Waals surface area contributed by atoms with Crippen molar-refractivity contribution >= 4 is 21.9 Å². The first kappa shape index (κ1) is 13.1. The van der Waals surface area contributed by atoms with Crippen LogP contribution in [0, 0.1) is 5.92 Å². The highest BCUT2D eigenvalue weighted by Gasteiger charge is 2.48. The molecule has 1 saturated heterocycles. The highest BCUT2D eigenvalue weighted by molar-refractivity contribution is 9.10. The number of carbonyl (C=O) groups is 1. The minimum absolute atomic E-state index is 0.130. The van der Waals surface area contributed by atoms with E-state index in [0.29, 0.717) is 0 Å². The van der Waals surface area contributed by atoms with Crippen LogP contribution in [0.5, 0.6) is 0 Å². The second kappa shape index (κ2) is 4.89. The Morgan fingerprint density at radius 3 is 3.05 bits per heavy atom. The maximum Gasteiger partial charge on any atom is 0.337 e. The first-order valence-corrected chi connectivity index (χ1v) is 7.17. The third-order valence-corrected chi connectivity index (χ3v) is 4.57. The van der Waals surface area contributed by atoms with Crippen molar-refractivity contribution in [3.63, 3.8) is 0 Å². The molecule has 3 rings (SSSR count). The van der Waals surface area contributed by atoms with Gasteiger partial charge in [-0.25, -0.2) is 4.79 Å². The zero-order valence-corrected chi connectivity index (χ0v) is 12.5. The lowest BCUT2D eigenvalue weighted by molar-refractivity contribution is -0.180. The number of ether oxygens (including phenoxy) is 1. The Labute approximate surface area is 120 Å². The summed E-state index contributed by atoms with van der Waals surface area (Å²) >= 11 is 3.51.